The van der Waals surface area contributed by atoms with Gasteiger partial charge in [-0.2, -0.15) is 0 Å². The molecule has 160 valence electrons. The molecule has 31 heavy (non-hydrogen) atoms. The van der Waals surface area contributed by atoms with Gasteiger partial charge >= 0.3 is 0 Å². The number of rotatable bonds is 5. The third-order valence-corrected chi connectivity index (χ3v) is 10.7. The first-order valence-electron chi connectivity index (χ1n) is 9.61. The molecule has 0 amide bonds. The van der Waals surface area contributed by atoms with Crippen LogP contribution in [0.5, 0.6) is 0 Å². The fourth-order valence-corrected chi connectivity index (χ4v) is 9.24. The minimum Gasteiger partial charge on any atom is -1.00 e. The lowest BCUT2D eigenvalue weighted by Gasteiger charge is -2.36. The van der Waals surface area contributed by atoms with E-state index in [0.717, 1.165) is 5.71 Å². The van der Waals surface area contributed by atoms with E-state index in [-0.39, 0.29) is 12.4 Å². The molecule has 3 aromatic rings. The van der Waals surface area contributed by atoms with Gasteiger partial charge in [-0.25, -0.2) is 0 Å². The maximum absolute atomic E-state index is 6.56. The maximum Gasteiger partial charge on any atom is 0.238 e. The van der Waals surface area contributed by atoms with Crippen LogP contribution in [0.1, 0.15) is 6.92 Å². The van der Waals surface area contributed by atoms with E-state index in [1.165, 1.54) is 15.9 Å². The van der Waals surface area contributed by atoms with Crippen LogP contribution in [0, 0.1) is 0 Å². The zero-order valence-corrected chi connectivity index (χ0v) is 20.7. The van der Waals surface area contributed by atoms with Crippen molar-refractivity contribution in [3.63, 3.8) is 0 Å². The molecule has 0 saturated heterocycles. The molecule has 0 radical (unpaired) electrons. The first kappa shape index (κ1) is 24.2. The average molecular weight is 510 g/mol. The molecule has 1 aliphatic heterocycles. The Morgan fingerprint density at radius 2 is 1.13 bits per heavy atom. The van der Waals surface area contributed by atoms with Gasteiger partial charge in [-0.05, 0) is 43.3 Å². The number of hydrogen-bond donors (Lipinski definition) is 0. The summed E-state index contributed by atoms with van der Waals surface area (Å²) < 4.78 is -1.69. The molecule has 2 nitrogen and oxygen atoms in total. The topological polar surface area (TPSA) is 24.7 Å². The van der Waals surface area contributed by atoms with Crippen LogP contribution < -0.4 is 28.3 Å². The van der Waals surface area contributed by atoms with Crippen molar-refractivity contribution < 1.29 is 12.4 Å². The van der Waals surface area contributed by atoms with E-state index in [1.54, 1.807) is 6.21 Å². The standard InChI is InChI=1S/C24H21Cl3N2P.ClH/c1-19-17-28-23(29-19,24(25,26)27)18-30(20-11-5-2-6-12-20,21-13-7-3-8-14-21)22-15-9-4-10-16-22;/h2-17H,18H2,1H3;1H/q+1;/p-1. The Balaban J connectivity index is 0.00000272. The van der Waals surface area contributed by atoms with Crippen LogP contribution in [0.3, 0.4) is 0 Å². The van der Waals surface area contributed by atoms with Crippen molar-refractivity contribution in [1.29, 1.82) is 0 Å². The molecule has 1 aliphatic rings. The predicted molar refractivity (Wildman–Crippen MR) is 135 cm³/mol. The van der Waals surface area contributed by atoms with Crippen LogP contribution in [-0.4, -0.2) is 27.5 Å². The summed E-state index contributed by atoms with van der Waals surface area (Å²) in [6.07, 6.45) is 2.18. The number of aliphatic imine (C=N–C) groups is 2. The fraction of sp³-hybridized carbons (Fsp3) is 0.167. The second-order valence-electron chi connectivity index (χ2n) is 7.30. The Labute approximate surface area is 205 Å². The molecule has 3 aromatic carbocycles. The van der Waals surface area contributed by atoms with Gasteiger partial charge in [0, 0.05) is 6.21 Å². The van der Waals surface area contributed by atoms with E-state index in [2.05, 4.69) is 77.8 Å². The zero-order chi connectivity index (χ0) is 21.2. The Kier molecular flexibility index (Phi) is 7.51. The van der Waals surface area contributed by atoms with Crippen molar-refractivity contribution in [1.82, 2.24) is 0 Å². The minimum atomic E-state index is -2.26. The van der Waals surface area contributed by atoms with Crippen molar-refractivity contribution in [2.24, 2.45) is 9.98 Å². The first-order valence-corrected chi connectivity index (χ1v) is 12.7. The molecular formula is C24H21Cl4N2P. The van der Waals surface area contributed by atoms with E-state index >= 15 is 0 Å². The van der Waals surface area contributed by atoms with Gasteiger partial charge in [0.25, 0.3) is 0 Å². The van der Waals surface area contributed by atoms with Gasteiger partial charge in [0.1, 0.15) is 29.3 Å². The Hall–Kier alpha value is -1.41. The molecule has 0 fully saturated rings. The Morgan fingerprint density at radius 1 is 0.742 bits per heavy atom. The summed E-state index contributed by atoms with van der Waals surface area (Å²) >= 11 is 19.7. The van der Waals surface area contributed by atoms with E-state index in [9.17, 15) is 0 Å². The SMILES string of the molecule is CC1=NC(C[P+](c2ccccc2)(c2ccccc2)c2ccccc2)(C(Cl)(Cl)Cl)N=C1.[Cl-]. The van der Waals surface area contributed by atoms with E-state index in [4.69, 9.17) is 39.8 Å². The third-order valence-electron chi connectivity index (χ3n) is 5.33. The number of benzene rings is 3. The molecule has 0 saturated carbocycles. The molecule has 0 aromatic heterocycles. The molecule has 1 unspecified atom stereocenters. The highest BCUT2D eigenvalue weighted by atomic mass is 35.6. The number of hydrogen-bond acceptors (Lipinski definition) is 2. The third kappa shape index (κ3) is 4.56. The van der Waals surface area contributed by atoms with Crippen molar-refractivity contribution in [2.45, 2.75) is 16.4 Å². The molecule has 1 atom stereocenters. The second kappa shape index (κ2) is 9.61. The summed E-state index contributed by atoms with van der Waals surface area (Å²) in [5.41, 5.74) is -0.439. The lowest BCUT2D eigenvalue weighted by molar-refractivity contribution is -0.00000595. The minimum absolute atomic E-state index is 0. The van der Waals surface area contributed by atoms with E-state index < -0.39 is 16.7 Å². The van der Waals surface area contributed by atoms with Gasteiger partial charge < -0.3 is 12.4 Å². The normalized spacial score (nSPS) is 18.4. The van der Waals surface area contributed by atoms with Crippen molar-refractivity contribution >= 4 is 69.9 Å². The largest absolute Gasteiger partial charge is 1.00 e. The monoisotopic (exact) mass is 508 g/mol. The summed E-state index contributed by atoms with van der Waals surface area (Å²) in [7, 11) is -2.26. The lowest BCUT2D eigenvalue weighted by atomic mass is 10.2. The van der Waals surface area contributed by atoms with Gasteiger partial charge in [0.2, 0.25) is 9.46 Å². The predicted octanol–water partition coefficient (Wildman–Crippen LogP) is 2.60. The van der Waals surface area contributed by atoms with Gasteiger partial charge in [0.05, 0.1) is 5.71 Å². The average Bonchev–Trinajstić information content (AvgIpc) is 3.16. The molecule has 0 aliphatic carbocycles. The molecule has 4 rings (SSSR count). The number of alkyl halides is 3. The van der Waals surface area contributed by atoms with Crippen LogP contribution in [0.15, 0.2) is 101 Å². The second-order valence-corrected chi connectivity index (χ2v) is 13.1. The van der Waals surface area contributed by atoms with Crippen LogP contribution in [0.25, 0.3) is 0 Å². The smallest absolute Gasteiger partial charge is 0.238 e. The summed E-state index contributed by atoms with van der Waals surface area (Å²) in [5, 5.41) is 3.60. The molecular weight excluding hydrogens is 489 g/mol. The zero-order valence-electron chi connectivity index (χ0n) is 16.8. The van der Waals surface area contributed by atoms with Crippen LogP contribution in [0.2, 0.25) is 0 Å². The Morgan fingerprint density at radius 3 is 1.42 bits per heavy atom. The number of nitrogens with zero attached hydrogens (tertiary/aromatic N) is 2. The van der Waals surface area contributed by atoms with Crippen molar-refractivity contribution in [2.75, 3.05) is 6.16 Å². The molecule has 0 spiro atoms. The molecule has 0 N–H and O–H groups in total. The molecule has 7 heteroatoms. The molecule has 1 heterocycles. The summed E-state index contributed by atoms with van der Waals surface area (Å²) in [5.74, 6) is 0. The van der Waals surface area contributed by atoms with Crippen LogP contribution >= 0.6 is 42.1 Å². The van der Waals surface area contributed by atoms with Gasteiger partial charge in [-0.3, -0.25) is 9.98 Å². The van der Waals surface area contributed by atoms with E-state index in [1.807, 2.05) is 25.1 Å². The first-order chi connectivity index (χ1) is 14.4. The van der Waals surface area contributed by atoms with Crippen molar-refractivity contribution in [3.05, 3.63) is 91.0 Å². The summed E-state index contributed by atoms with van der Waals surface area (Å²) in [6.45, 7) is 1.88. The Bertz CT molecular complexity index is 970. The van der Waals surface area contributed by atoms with Gasteiger partial charge in [-0.15, -0.1) is 0 Å². The quantitative estimate of drug-likeness (QED) is 0.373. The molecule has 0 bridgehead atoms. The van der Waals surface area contributed by atoms with Crippen LogP contribution in [-0.2, 0) is 0 Å². The van der Waals surface area contributed by atoms with Gasteiger partial charge in [0.15, 0.2) is 0 Å². The highest BCUT2D eigenvalue weighted by molar-refractivity contribution is 7.95. The van der Waals surface area contributed by atoms with Crippen molar-refractivity contribution in [3.8, 4) is 0 Å². The summed E-state index contributed by atoms with van der Waals surface area (Å²) in [4.78, 5) is 9.46. The van der Waals surface area contributed by atoms with Crippen LogP contribution in [0.4, 0.5) is 0 Å². The lowest BCUT2D eigenvalue weighted by Crippen LogP contribution is -3.00. The maximum atomic E-state index is 6.56. The fourth-order valence-electron chi connectivity index (χ4n) is 3.95. The highest BCUT2D eigenvalue weighted by Gasteiger charge is 2.60. The van der Waals surface area contributed by atoms with E-state index in [0.29, 0.717) is 6.16 Å². The number of halogens is 4. The highest BCUT2D eigenvalue weighted by Crippen LogP contribution is 2.61. The summed E-state index contributed by atoms with van der Waals surface area (Å²) in [6, 6.07) is 31.4. The van der Waals surface area contributed by atoms with Gasteiger partial charge in [-0.1, -0.05) is 89.4 Å².